The van der Waals surface area contributed by atoms with Gasteiger partial charge in [-0.25, -0.2) is 0 Å². The highest BCUT2D eigenvalue weighted by atomic mass is 32.1. The van der Waals surface area contributed by atoms with Gasteiger partial charge in [0.1, 0.15) is 0 Å². The highest BCUT2D eigenvalue weighted by Gasteiger charge is 2.41. The molecule has 2 fully saturated rings. The number of rotatable bonds is 5. The number of nitrogens with one attached hydrogen (secondary N) is 1. The molecule has 2 aliphatic rings. The maximum atomic E-state index is 5.82. The van der Waals surface area contributed by atoms with Crippen LogP contribution in [0.2, 0.25) is 0 Å². The van der Waals surface area contributed by atoms with Crippen LogP contribution in [0.4, 0.5) is 0 Å². The van der Waals surface area contributed by atoms with Crippen LogP contribution in [0.1, 0.15) is 67.2 Å². The summed E-state index contributed by atoms with van der Waals surface area (Å²) in [4.78, 5) is 11.3. The van der Waals surface area contributed by atoms with E-state index < -0.39 is 0 Å². The third kappa shape index (κ3) is 3.72. The molecule has 1 N–H and O–H groups in total. The summed E-state index contributed by atoms with van der Waals surface area (Å²) in [5.41, 5.74) is 3.49. The molecule has 2 atom stereocenters. The summed E-state index contributed by atoms with van der Waals surface area (Å²) in [6.45, 7) is 0.726. The summed E-state index contributed by atoms with van der Waals surface area (Å²) in [5, 5.41) is 4.34. The van der Waals surface area contributed by atoms with E-state index in [1.54, 1.807) is 0 Å². The van der Waals surface area contributed by atoms with Crippen LogP contribution in [0, 0.1) is 0 Å². The maximum Gasteiger partial charge on any atom is 0.170 e. The van der Waals surface area contributed by atoms with Crippen molar-refractivity contribution in [2.24, 2.45) is 0 Å². The second-order valence-corrected chi connectivity index (χ2v) is 8.63. The lowest BCUT2D eigenvalue weighted by atomic mass is 9.94. The van der Waals surface area contributed by atoms with Gasteiger partial charge in [0.05, 0.1) is 17.8 Å². The van der Waals surface area contributed by atoms with Crippen LogP contribution in [0.25, 0.3) is 0 Å². The minimum Gasteiger partial charge on any atom is -0.352 e. The van der Waals surface area contributed by atoms with Gasteiger partial charge in [-0.3, -0.25) is 9.97 Å². The van der Waals surface area contributed by atoms with Crippen molar-refractivity contribution in [1.29, 1.82) is 0 Å². The average molecular weight is 418 g/mol. The Morgan fingerprint density at radius 2 is 1.90 bits per heavy atom. The van der Waals surface area contributed by atoms with Gasteiger partial charge in [0.2, 0.25) is 0 Å². The van der Waals surface area contributed by atoms with Gasteiger partial charge in [-0.15, -0.1) is 0 Å². The van der Waals surface area contributed by atoms with Crippen molar-refractivity contribution in [3.63, 3.8) is 0 Å². The van der Waals surface area contributed by atoms with Crippen molar-refractivity contribution in [2.75, 3.05) is 0 Å². The Balaban J connectivity index is 1.54. The van der Waals surface area contributed by atoms with Gasteiger partial charge >= 0.3 is 0 Å². The number of thiocarbonyl (C=S) groups is 1. The third-order valence-corrected chi connectivity index (χ3v) is 6.71. The van der Waals surface area contributed by atoms with E-state index in [4.69, 9.17) is 12.2 Å². The molecule has 3 aromatic heterocycles. The van der Waals surface area contributed by atoms with Gasteiger partial charge in [-0.2, -0.15) is 0 Å². The van der Waals surface area contributed by atoms with E-state index >= 15 is 0 Å². The fourth-order valence-electron chi connectivity index (χ4n) is 4.94. The fraction of sp³-hybridized carbons (Fsp3) is 0.375. The topological polar surface area (TPSA) is 46.0 Å². The average Bonchev–Trinajstić information content (AvgIpc) is 3.40. The Kier molecular flexibility index (Phi) is 5.49. The van der Waals surface area contributed by atoms with Gasteiger partial charge in [0.15, 0.2) is 5.11 Å². The van der Waals surface area contributed by atoms with Crippen LogP contribution >= 0.6 is 12.2 Å². The number of nitrogens with zero attached hydrogens (tertiary/aromatic N) is 4. The number of aromatic nitrogens is 3. The maximum absolute atomic E-state index is 5.82. The Morgan fingerprint density at radius 3 is 2.67 bits per heavy atom. The molecule has 5 rings (SSSR count). The molecule has 0 aromatic carbocycles. The smallest absolute Gasteiger partial charge is 0.170 e. The van der Waals surface area contributed by atoms with E-state index in [9.17, 15) is 0 Å². The molecule has 1 saturated heterocycles. The van der Waals surface area contributed by atoms with E-state index in [0.717, 1.165) is 22.9 Å². The van der Waals surface area contributed by atoms with Crippen molar-refractivity contribution in [3.8, 4) is 0 Å². The molecule has 0 bridgehead atoms. The zero-order valence-electron chi connectivity index (χ0n) is 17.0. The lowest BCUT2D eigenvalue weighted by Crippen LogP contribution is -2.30. The molecule has 0 unspecified atom stereocenters. The van der Waals surface area contributed by atoms with Crippen LogP contribution < -0.4 is 5.32 Å². The standard InChI is InChI=1S/C24H27N5S/c30-24-27-22(20-11-4-5-14-26-20)23(29(24)17-18-8-6-13-25-16-18)21-12-7-15-28(21)19-9-2-1-3-10-19/h4-8,11-16,19,22-23H,1-3,9-10,17H2,(H,27,30)/t22-,23-/m1/s1. The molecule has 1 aliphatic carbocycles. The molecular weight excluding hydrogens is 390 g/mol. The number of pyridine rings is 2. The van der Waals surface area contributed by atoms with E-state index in [2.05, 4.69) is 55.2 Å². The molecule has 4 heterocycles. The highest BCUT2D eigenvalue weighted by Crippen LogP contribution is 2.41. The molecule has 1 saturated carbocycles. The minimum atomic E-state index is 0.0209. The normalized spacial score (nSPS) is 22.3. The Morgan fingerprint density at radius 1 is 1.00 bits per heavy atom. The van der Waals surface area contributed by atoms with Gasteiger partial charge in [0.25, 0.3) is 0 Å². The third-order valence-electron chi connectivity index (χ3n) is 6.36. The van der Waals surface area contributed by atoms with Crippen molar-refractivity contribution in [3.05, 3.63) is 84.2 Å². The Labute approximate surface area is 183 Å². The predicted molar refractivity (Wildman–Crippen MR) is 122 cm³/mol. The molecule has 30 heavy (non-hydrogen) atoms. The monoisotopic (exact) mass is 417 g/mol. The first-order chi connectivity index (χ1) is 14.8. The second-order valence-electron chi connectivity index (χ2n) is 8.25. The first-order valence-corrected chi connectivity index (χ1v) is 11.3. The predicted octanol–water partition coefficient (Wildman–Crippen LogP) is 4.96. The molecule has 5 nitrogen and oxygen atoms in total. The van der Waals surface area contributed by atoms with Crippen molar-refractivity contribution in [2.45, 2.75) is 56.8 Å². The molecule has 0 radical (unpaired) electrons. The Hall–Kier alpha value is -2.73. The van der Waals surface area contributed by atoms with Gasteiger partial charge in [-0.1, -0.05) is 31.4 Å². The second kappa shape index (κ2) is 8.56. The molecule has 154 valence electrons. The van der Waals surface area contributed by atoms with Gasteiger partial charge in [-0.05, 0) is 61.0 Å². The van der Waals surface area contributed by atoms with E-state index in [1.807, 2.05) is 36.8 Å². The zero-order valence-corrected chi connectivity index (χ0v) is 17.8. The minimum absolute atomic E-state index is 0.0209. The molecule has 0 spiro atoms. The largest absolute Gasteiger partial charge is 0.352 e. The summed E-state index contributed by atoms with van der Waals surface area (Å²) >= 11 is 5.82. The summed E-state index contributed by atoms with van der Waals surface area (Å²) in [6.07, 6.45) is 14.3. The van der Waals surface area contributed by atoms with E-state index in [1.165, 1.54) is 37.8 Å². The fourth-order valence-corrected chi connectivity index (χ4v) is 5.24. The Bertz CT molecular complexity index is 981. The van der Waals surface area contributed by atoms with E-state index in [-0.39, 0.29) is 12.1 Å². The lowest BCUT2D eigenvalue weighted by Gasteiger charge is -2.32. The first kappa shape index (κ1) is 19.2. The summed E-state index contributed by atoms with van der Waals surface area (Å²) < 4.78 is 2.51. The number of hydrogen-bond acceptors (Lipinski definition) is 3. The van der Waals surface area contributed by atoms with Crippen LogP contribution in [0.5, 0.6) is 0 Å². The van der Waals surface area contributed by atoms with Crippen molar-refractivity contribution >= 4 is 17.3 Å². The molecule has 6 heteroatoms. The summed E-state index contributed by atoms with van der Waals surface area (Å²) in [6, 6.07) is 15.3. The van der Waals surface area contributed by atoms with E-state index in [0.29, 0.717) is 6.04 Å². The molecular formula is C24H27N5S. The molecule has 1 aliphatic heterocycles. The molecule has 3 aromatic rings. The van der Waals surface area contributed by atoms with Crippen molar-refractivity contribution < 1.29 is 0 Å². The van der Waals surface area contributed by atoms with Gasteiger partial charge < -0.3 is 14.8 Å². The van der Waals surface area contributed by atoms with Crippen molar-refractivity contribution in [1.82, 2.24) is 24.8 Å². The van der Waals surface area contributed by atoms with Crippen LogP contribution in [-0.2, 0) is 6.54 Å². The van der Waals surface area contributed by atoms with Crippen LogP contribution in [-0.4, -0.2) is 24.5 Å². The lowest BCUT2D eigenvalue weighted by molar-refractivity contribution is 0.275. The summed E-state index contributed by atoms with van der Waals surface area (Å²) in [7, 11) is 0. The number of hydrogen-bond donors (Lipinski definition) is 1. The van der Waals surface area contributed by atoms with Crippen LogP contribution in [0.15, 0.2) is 67.3 Å². The zero-order chi connectivity index (χ0) is 20.3. The SMILES string of the molecule is S=C1N[C@H](c2ccccn2)[C@@H](c2cccn2C2CCCCC2)N1Cc1cccnc1. The summed E-state index contributed by atoms with van der Waals surface area (Å²) in [5.74, 6) is 0. The quantitative estimate of drug-likeness (QED) is 0.595. The highest BCUT2D eigenvalue weighted by molar-refractivity contribution is 7.80. The van der Waals surface area contributed by atoms with Crippen LogP contribution in [0.3, 0.4) is 0 Å². The molecule has 0 amide bonds. The first-order valence-electron chi connectivity index (χ1n) is 10.8. The van der Waals surface area contributed by atoms with Gasteiger partial charge in [0, 0.05) is 43.1 Å².